The van der Waals surface area contributed by atoms with Crippen LogP contribution in [0.1, 0.15) is 28.8 Å². The number of benzene rings is 3. The first-order valence-corrected chi connectivity index (χ1v) is 8.09. The zero-order chi connectivity index (χ0) is 16.9. The number of carbonyl (C=O) groups excluding carboxylic acids is 1. The summed E-state index contributed by atoms with van der Waals surface area (Å²) in [5, 5.41) is 5.10. The van der Waals surface area contributed by atoms with Crippen LogP contribution >= 0.6 is 0 Å². The van der Waals surface area contributed by atoms with Gasteiger partial charge in [-0.1, -0.05) is 61.5 Å². The number of hydrogen-bond acceptors (Lipinski definition) is 2. The molecule has 0 saturated carbocycles. The van der Waals surface area contributed by atoms with Crippen LogP contribution in [0.25, 0.3) is 10.8 Å². The van der Waals surface area contributed by atoms with Crippen LogP contribution in [0.3, 0.4) is 0 Å². The number of rotatable bonds is 5. The molecule has 122 valence electrons. The average molecular weight is 319 g/mol. The maximum atomic E-state index is 12.6. The molecule has 3 rings (SSSR count). The van der Waals surface area contributed by atoms with Gasteiger partial charge in [0.25, 0.3) is 5.91 Å². The lowest BCUT2D eigenvalue weighted by Crippen LogP contribution is -2.27. The van der Waals surface area contributed by atoms with E-state index in [-0.39, 0.29) is 11.8 Å². The van der Waals surface area contributed by atoms with Crippen LogP contribution in [0.15, 0.2) is 66.7 Å². The van der Waals surface area contributed by atoms with Gasteiger partial charge in [0.15, 0.2) is 0 Å². The molecule has 3 heteroatoms. The molecule has 0 aliphatic carbocycles. The Hall–Kier alpha value is -2.81. The molecule has 0 heterocycles. The van der Waals surface area contributed by atoms with E-state index in [1.807, 2.05) is 54.6 Å². The number of methoxy groups -OCH3 is 1. The summed E-state index contributed by atoms with van der Waals surface area (Å²) < 4.78 is 5.41. The Balaban J connectivity index is 1.78. The molecule has 0 aliphatic rings. The summed E-state index contributed by atoms with van der Waals surface area (Å²) in [6.45, 7) is 2.69. The van der Waals surface area contributed by atoms with Crippen molar-refractivity contribution in [3.8, 4) is 5.75 Å². The second kappa shape index (κ2) is 7.18. The number of carbonyl (C=O) groups is 1. The standard InChI is InChI=1S/C21H21NO2/c1-15(16-8-4-3-5-9-16)14-22-21(23)19-12-17-10-6-7-11-18(17)13-20(19)24-2/h3-13,15H,14H2,1-2H3,(H,22,23)/t15-/m0/s1. The molecule has 0 unspecified atom stereocenters. The van der Waals surface area contributed by atoms with Gasteiger partial charge in [0, 0.05) is 6.54 Å². The van der Waals surface area contributed by atoms with Crippen LogP contribution in [0.5, 0.6) is 5.75 Å². The molecule has 3 nitrogen and oxygen atoms in total. The van der Waals surface area contributed by atoms with Gasteiger partial charge in [0.1, 0.15) is 5.75 Å². The molecule has 3 aromatic rings. The molecule has 0 fully saturated rings. The van der Waals surface area contributed by atoms with E-state index >= 15 is 0 Å². The molecule has 3 aromatic carbocycles. The van der Waals surface area contributed by atoms with E-state index in [4.69, 9.17) is 4.74 Å². The van der Waals surface area contributed by atoms with Crippen LogP contribution in [0.4, 0.5) is 0 Å². The molecule has 1 amide bonds. The van der Waals surface area contributed by atoms with Gasteiger partial charge >= 0.3 is 0 Å². The predicted octanol–water partition coefficient (Wildman–Crippen LogP) is 4.38. The Morgan fingerprint density at radius 3 is 2.29 bits per heavy atom. The van der Waals surface area contributed by atoms with Gasteiger partial charge in [-0.3, -0.25) is 4.79 Å². The quantitative estimate of drug-likeness (QED) is 0.758. The number of fused-ring (bicyclic) bond motifs is 1. The van der Waals surface area contributed by atoms with Crippen molar-refractivity contribution in [3.63, 3.8) is 0 Å². The summed E-state index contributed by atoms with van der Waals surface area (Å²) in [4.78, 5) is 12.6. The summed E-state index contributed by atoms with van der Waals surface area (Å²) in [5.41, 5.74) is 1.78. The molecular formula is C21H21NO2. The second-order valence-corrected chi connectivity index (χ2v) is 5.92. The lowest BCUT2D eigenvalue weighted by molar-refractivity contribution is 0.0949. The number of hydrogen-bond donors (Lipinski definition) is 1. The normalized spacial score (nSPS) is 11.9. The Morgan fingerprint density at radius 1 is 1.00 bits per heavy atom. The smallest absolute Gasteiger partial charge is 0.255 e. The fourth-order valence-electron chi connectivity index (χ4n) is 2.81. The molecule has 1 atom stereocenters. The zero-order valence-corrected chi connectivity index (χ0v) is 14.0. The SMILES string of the molecule is COc1cc2ccccc2cc1C(=O)NC[C@H](C)c1ccccc1. The molecule has 24 heavy (non-hydrogen) atoms. The van der Waals surface area contributed by atoms with E-state index < -0.39 is 0 Å². The Morgan fingerprint density at radius 2 is 1.62 bits per heavy atom. The molecule has 0 radical (unpaired) electrons. The van der Waals surface area contributed by atoms with Gasteiger partial charge in [-0.15, -0.1) is 0 Å². The Bertz CT molecular complexity index is 843. The van der Waals surface area contributed by atoms with Crippen molar-refractivity contribution in [1.29, 1.82) is 0 Å². The third-order valence-corrected chi connectivity index (χ3v) is 4.25. The molecule has 0 aromatic heterocycles. The van der Waals surface area contributed by atoms with Crippen LogP contribution in [-0.4, -0.2) is 19.6 Å². The molecule has 0 aliphatic heterocycles. The van der Waals surface area contributed by atoms with E-state index in [2.05, 4.69) is 24.4 Å². The molecule has 1 N–H and O–H groups in total. The maximum absolute atomic E-state index is 12.6. The summed E-state index contributed by atoms with van der Waals surface area (Å²) >= 11 is 0. The third kappa shape index (κ3) is 3.40. The molecule has 0 bridgehead atoms. The third-order valence-electron chi connectivity index (χ3n) is 4.25. The van der Waals surface area contributed by atoms with Crippen molar-refractivity contribution < 1.29 is 9.53 Å². The van der Waals surface area contributed by atoms with E-state index in [1.165, 1.54) is 5.56 Å². The first-order valence-electron chi connectivity index (χ1n) is 8.09. The molecular weight excluding hydrogens is 298 g/mol. The molecule has 0 saturated heterocycles. The van der Waals surface area contributed by atoms with Crippen molar-refractivity contribution in [2.45, 2.75) is 12.8 Å². The fraction of sp³-hybridized carbons (Fsp3) is 0.190. The summed E-state index contributed by atoms with van der Waals surface area (Å²) in [6, 6.07) is 21.9. The van der Waals surface area contributed by atoms with Gasteiger partial charge in [-0.05, 0) is 34.4 Å². The van der Waals surface area contributed by atoms with Crippen molar-refractivity contribution in [3.05, 3.63) is 77.9 Å². The molecule has 0 spiro atoms. The van der Waals surface area contributed by atoms with Crippen LogP contribution in [-0.2, 0) is 0 Å². The fourth-order valence-corrected chi connectivity index (χ4v) is 2.81. The minimum Gasteiger partial charge on any atom is -0.496 e. The highest BCUT2D eigenvalue weighted by atomic mass is 16.5. The summed E-state index contributed by atoms with van der Waals surface area (Å²) in [6.07, 6.45) is 0. The largest absolute Gasteiger partial charge is 0.496 e. The Kier molecular flexibility index (Phi) is 4.80. The topological polar surface area (TPSA) is 38.3 Å². The highest BCUT2D eigenvalue weighted by molar-refractivity contribution is 6.01. The van der Waals surface area contributed by atoms with Crippen molar-refractivity contribution in [2.24, 2.45) is 0 Å². The summed E-state index contributed by atoms with van der Waals surface area (Å²) in [5.74, 6) is 0.737. The highest BCUT2D eigenvalue weighted by Crippen LogP contribution is 2.26. The van der Waals surface area contributed by atoms with E-state index in [0.717, 1.165) is 10.8 Å². The maximum Gasteiger partial charge on any atom is 0.255 e. The summed E-state index contributed by atoms with van der Waals surface area (Å²) in [7, 11) is 1.59. The highest BCUT2D eigenvalue weighted by Gasteiger charge is 2.15. The second-order valence-electron chi connectivity index (χ2n) is 5.92. The zero-order valence-electron chi connectivity index (χ0n) is 14.0. The lowest BCUT2D eigenvalue weighted by atomic mass is 10.0. The Labute approximate surface area is 142 Å². The van der Waals surface area contributed by atoms with Crippen LogP contribution < -0.4 is 10.1 Å². The van der Waals surface area contributed by atoms with Gasteiger partial charge < -0.3 is 10.1 Å². The lowest BCUT2D eigenvalue weighted by Gasteiger charge is -2.15. The van der Waals surface area contributed by atoms with Gasteiger partial charge in [0.05, 0.1) is 12.7 Å². The monoisotopic (exact) mass is 319 g/mol. The van der Waals surface area contributed by atoms with Gasteiger partial charge in [-0.25, -0.2) is 0 Å². The average Bonchev–Trinajstić information content (AvgIpc) is 2.65. The van der Waals surface area contributed by atoms with Crippen molar-refractivity contribution >= 4 is 16.7 Å². The number of amides is 1. The minimum absolute atomic E-state index is 0.111. The minimum atomic E-state index is -0.111. The number of ether oxygens (including phenoxy) is 1. The number of nitrogens with one attached hydrogen (secondary N) is 1. The predicted molar refractivity (Wildman–Crippen MR) is 97.7 cm³/mol. The van der Waals surface area contributed by atoms with Crippen molar-refractivity contribution in [1.82, 2.24) is 5.32 Å². The van der Waals surface area contributed by atoms with Crippen LogP contribution in [0, 0.1) is 0 Å². The van der Waals surface area contributed by atoms with Crippen molar-refractivity contribution in [2.75, 3.05) is 13.7 Å². The van der Waals surface area contributed by atoms with Crippen LogP contribution in [0.2, 0.25) is 0 Å². The van der Waals surface area contributed by atoms with E-state index in [9.17, 15) is 4.79 Å². The first-order chi connectivity index (χ1) is 11.7. The first kappa shape index (κ1) is 16.1. The van der Waals surface area contributed by atoms with E-state index in [0.29, 0.717) is 17.9 Å². The van der Waals surface area contributed by atoms with E-state index in [1.54, 1.807) is 7.11 Å². The van der Waals surface area contributed by atoms with Gasteiger partial charge in [-0.2, -0.15) is 0 Å². The van der Waals surface area contributed by atoms with Gasteiger partial charge in [0.2, 0.25) is 0 Å².